The molecule has 0 atom stereocenters. The van der Waals surface area contributed by atoms with Crippen molar-refractivity contribution in [3.8, 4) is 5.75 Å². The standard InChI is InChI=1S/C24H24Cl2N6O2/c25-17-3-6-20(7-4-17)34-16-19-14-32(31-30-19)15-24(33)29-11-2-1-10-27-22-9-12-28-23-13-18(26)5-8-21(22)23/h3-9,12-14H,1-2,10-11,15-16H2,(H,27,28)(H,29,33). The highest BCUT2D eigenvalue weighted by molar-refractivity contribution is 6.31. The van der Waals surface area contributed by atoms with Crippen LogP contribution in [0.2, 0.25) is 10.0 Å². The Bertz CT molecular complexity index is 1250. The number of anilines is 1. The topological polar surface area (TPSA) is 94.0 Å². The van der Waals surface area contributed by atoms with Gasteiger partial charge in [-0.3, -0.25) is 9.78 Å². The molecule has 0 saturated carbocycles. The molecule has 0 unspecified atom stereocenters. The quantitative estimate of drug-likeness (QED) is 0.290. The second-order valence-electron chi connectivity index (χ2n) is 7.65. The van der Waals surface area contributed by atoms with Crippen LogP contribution in [0.25, 0.3) is 10.9 Å². The minimum absolute atomic E-state index is 0.109. The van der Waals surface area contributed by atoms with Crippen molar-refractivity contribution < 1.29 is 9.53 Å². The lowest BCUT2D eigenvalue weighted by Crippen LogP contribution is -2.28. The molecule has 4 rings (SSSR count). The van der Waals surface area contributed by atoms with E-state index in [1.807, 2.05) is 24.3 Å². The predicted octanol–water partition coefficient (Wildman–Crippen LogP) is 4.72. The van der Waals surface area contributed by atoms with Gasteiger partial charge < -0.3 is 15.4 Å². The molecule has 2 aromatic heterocycles. The van der Waals surface area contributed by atoms with Crippen LogP contribution in [0, 0.1) is 0 Å². The van der Waals surface area contributed by atoms with Crippen LogP contribution in [0.5, 0.6) is 5.75 Å². The number of amides is 1. The Labute approximate surface area is 207 Å². The fraction of sp³-hybridized carbons (Fsp3) is 0.250. The van der Waals surface area contributed by atoms with Crippen molar-refractivity contribution in [3.63, 3.8) is 0 Å². The van der Waals surface area contributed by atoms with Gasteiger partial charge in [0.2, 0.25) is 5.91 Å². The van der Waals surface area contributed by atoms with Gasteiger partial charge in [-0.2, -0.15) is 0 Å². The molecule has 0 radical (unpaired) electrons. The molecule has 1 amide bonds. The predicted molar refractivity (Wildman–Crippen MR) is 133 cm³/mol. The molecule has 176 valence electrons. The van der Waals surface area contributed by atoms with E-state index in [0.29, 0.717) is 28.0 Å². The summed E-state index contributed by atoms with van der Waals surface area (Å²) in [6.45, 7) is 1.75. The maximum absolute atomic E-state index is 12.2. The number of pyridine rings is 1. The minimum Gasteiger partial charge on any atom is -0.487 e. The minimum atomic E-state index is -0.111. The van der Waals surface area contributed by atoms with Crippen molar-refractivity contribution in [2.24, 2.45) is 0 Å². The monoisotopic (exact) mass is 498 g/mol. The molecule has 34 heavy (non-hydrogen) atoms. The van der Waals surface area contributed by atoms with E-state index in [-0.39, 0.29) is 19.1 Å². The summed E-state index contributed by atoms with van der Waals surface area (Å²) in [5.41, 5.74) is 2.52. The Kier molecular flexibility index (Phi) is 8.17. The van der Waals surface area contributed by atoms with Gasteiger partial charge in [-0.15, -0.1) is 5.10 Å². The first-order chi connectivity index (χ1) is 16.6. The maximum atomic E-state index is 12.2. The van der Waals surface area contributed by atoms with Crippen LogP contribution in [0.1, 0.15) is 18.5 Å². The van der Waals surface area contributed by atoms with Crippen molar-refractivity contribution in [1.29, 1.82) is 0 Å². The number of halogens is 2. The summed E-state index contributed by atoms with van der Waals surface area (Å²) in [5, 5.41) is 16.7. The maximum Gasteiger partial charge on any atom is 0.241 e. The second-order valence-corrected chi connectivity index (χ2v) is 8.53. The Hall–Kier alpha value is -3.36. The van der Waals surface area contributed by atoms with Crippen molar-refractivity contribution in [3.05, 3.63) is 76.7 Å². The van der Waals surface area contributed by atoms with Gasteiger partial charge in [-0.1, -0.05) is 28.4 Å². The fourth-order valence-electron chi connectivity index (χ4n) is 3.35. The lowest BCUT2D eigenvalue weighted by Gasteiger charge is -2.10. The molecule has 0 bridgehead atoms. The normalized spacial score (nSPS) is 10.9. The lowest BCUT2D eigenvalue weighted by molar-refractivity contribution is -0.121. The van der Waals surface area contributed by atoms with Crippen LogP contribution in [0.4, 0.5) is 5.69 Å². The SMILES string of the molecule is O=C(Cn1cc(COc2ccc(Cl)cc2)nn1)NCCCCNc1ccnc2cc(Cl)ccc12. The Morgan fingerprint density at radius 3 is 2.65 bits per heavy atom. The van der Waals surface area contributed by atoms with E-state index in [9.17, 15) is 4.79 Å². The van der Waals surface area contributed by atoms with E-state index < -0.39 is 0 Å². The number of rotatable bonds is 11. The third-order valence-electron chi connectivity index (χ3n) is 5.04. The molecule has 2 N–H and O–H groups in total. The number of unbranched alkanes of at least 4 members (excludes halogenated alkanes) is 1. The summed E-state index contributed by atoms with van der Waals surface area (Å²) in [7, 11) is 0. The number of fused-ring (bicyclic) bond motifs is 1. The van der Waals surface area contributed by atoms with Crippen LogP contribution in [0.15, 0.2) is 60.9 Å². The van der Waals surface area contributed by atoms with E-state index in [2.05, 4.69) is 25.9 Å². The summed E-state index contributed by atoms with van der Waals surface area (Å²) in [6, 6.07) is 14.7. The first-order valence-electron chi connectivity index (χ1n) is 10.9. The average Bonchev–Trinajstić information content (AvgIpc) is 3.28. The molecular formula is C24H24Cl2N6O2. The second kappa shape index (κ2) is 11.7. The Morgan fingerprint density at radius 2 is 1.79 bits per heavy atom. The van der Waals surface area contributed by atoms with Gasteiger partial charge in [-0.05, 0) is 61.4 Å². The van der Waals surface area contributed by atoms with E-state index in [1.54, 1.807) is 36.7 Å². The highest BCUT2D eigenvalue weighted by atomic mass is 35.5. The number of ether oxygens (including phenoxy) is 1. The molecule has 0 aliphatic rings. The van der Waals surface area contributed by atoms with Gasteiger partial charge in [0, 0.05) is 40.4 Å². The first kappa shape index (κ1) is 23.8. The zero-order valence-electron chi connectivity index (χ0n) is 18.4. The van der Waals surface area contributed by atoms with E-state index >= 15 is 0 Å². The summed E-state index contributed by atoms with van der Waals surface area (Å²) in [6.07, 6.45) is 5.23. The zero-order valence-corrected chi connectivity index (χ0v) is 19.9. The van der Waals surface area contributed by atoms with Gasteiger partial charge in [0.1, 0.15) is 24.6 Å². The summed E-state index contributed by atoms with van der Waals surface area (Å²) in [4.78, 5) is 16.5. The smallest absolute Gasteiger partial charge is 0.241 e. The highest BCUT2D eigenvalue weighted by Crippen LogP contribution is 2.24. The van der Waals surface area contributed by atoms with Crippen LogP contribution in [-0.4, -0.2) is 39.0 Å². The molecular weight excluding hydrogens is 475 g/mol. The summed E-state index contributed by atoms with van der Waals surface area (Å²) >= 11 is 11.9. The summed E-state index contributed by atoms with van der Waals surface area (Å²) < 4.78 is 7.14. The molecule has 0 aliphatic carbocycles. The molecule has 4 aromatic rings. The van der Waals surface area contributed by atoms with Crippen molar-refractivity contribution >= 4 is 45.7 Å². The van der Waals surface area contributed by atoms with Gasteiger partial charge in [0.25, 0.3) is 0 Å². The molecule has 0 saturated heterocycles. The highest BCUT2D eigenvalue weighted by Gasteiger charge is 2.07. The van der Waals surface area contributed by atoms with E-state index in [1.165, 1.54) is 4.68 Å². The molecule has 0 fully saturated rings. The van der Waals surface area contributed by atoms with Crippen molar-refractivity contribution in [2.75, 3.05) is 18.4 Å². The third kappa shape index (κ3) is 6.82. The number of nitrogens with zero attached hydrogens (tertiary/aromatic N) is 4. The Balaban J connectivity index is 1.13. The molecule has 0 spiro atoms. The molecule has 2 heterocycles. The fourth-order valence-corrected chi connectivity index (χ4v) is 3.64. The van der Waals surface area contributed by atoms with Crippen LogP contribution in [0.3, 0.4) is 0 Å². The number of aromatic nitrogens is 4. The first-order valence-corrected chi connectivity index (χ1v) is 11.6. The third-order valence-corrected chi connectivity index (χ3v) is 5.53. The number of nitrogens with one attached hydrogen (secondary N) is 2. The number of carbonyl (C=O) groups excluding carboxylic acids is 1. The number of benzene rings is 2. The van der Waals surface area contributed by atoms with Gasteiger partial charge >= 0.3 is 0 Å². The van der Waals surface area contributed by atoms with Crippen molar-refractivity contribution in [2.45, 2.75) is 26.0 Å². The van der Waals surface area contributed by atoms with Gasteiger partial charge in [-0.25, -0.2) is 4.68 Å². The average molecular weight is 499 g/mol. The van der Waals surface area contributed by atoms with Gasteiger partial charge in [0.05, 0.1) is 11.7 Å². The molecule has 2 aromatic carbocycles. The van der Waals surface area contributed by atoms with Crippen LogP contribution in [-0.2, 0) is 17.9 Å². The molecule has 8 nitrogen and oxygen atoms in total. The Morgan fingerprint density at radius 1 is 1.00 bits per heavy atom. The van der Waals surface area contributed by atoms with E-state index in [4.69, 9.17) is 27.9 Å². The van der Waals surface area contributed by atoms with Crippen LogP contribution >= 0.6 is 23.2 Å². The number of carbonyl (C=O) groups is 1. The lowest BCUT2D eigenvalue weighted by atomic mass is 10.2. The number of hydrogen-bond acceptors (Lipinski definition) is 6. The molecule has 10 heteroatoms. The van der Waals surface area contributed by atoms with Crippen LogP contribution < -0.4 is 15.4 Å². The molecule has 0 aliphatic heterocycles. The zero-order chi connectivity index (χ0) is 23.8. The largest absolute Gasteiger partial charge is 0.487 e. The van der Waals surface area contributed by atoms with E-state index in [0.717, 1.165) is 36.0 Å². The van der Waals surface area contributed by atoms with Crippen molar-refractivity contribution in [1.82, 2.24) is 25.3 Å². The number of hydrogen-bond donors (Lipinski definition) is 2. The summed E-state index contributed by atoms with van der Waals surface area (Å²) in [5.74, 6) is 0.577. The van der Waals surface area contributed by atoms with Gasteiger partial charge in [0.15, 0.2) is 0 Å².